The van der Waals surface area contributed by atoms with Crippen LogP contribution in [0.3, 0.4) is 0 Å². The highest BCUT2D eigenvalue weighted by molar-refractivity contribution is 5.69. The molecule has 0 aliphatic rings. The summed E-state index contributed by atoms with van der Waals surface area (Å²) in [5.74, 6) is 0. The number of nitrogens with zero attached hydrogens (tertiary/aromatic N) is 1. The second-order valence-corrected chi connectivity index (χ2v) is 4.82. The second kappa shape index (κ2) is 6.14. The molecule has 0 aromatic heterocycles. The highest BCUT2D eigenvalue weighted by Gasteiger charge is 2.03. The van der Waals surface area contributed by atoms with Crippen LogP contribution in [0.1, 0.15) is 12.0 Å². The van der Waals surface area contributed by atoms with Gasteiger partial charge >= 0.3 is 0 Å². The van der Waals surface area contributed by atoms with Gasteiger partial charge in [0.2, 0.25) is 0 Å². The fraction of sp³-hybridized carbons (Fsp3) is 0.250. The SMILES string of the molecule is CN(CCCc1ccccc1)c1ccc(N)c(N)c1. The standard InChI is InChI=1S/C16H21N3/c1-19(14-9-10-15(17)16(18)12-14)11-5-8-13-6-3-2-4-7-13/h2-4,6-7,9-10,12H,5,8,11,17-18H2,1H3. The third-order valence-electron chi connectivity index (χ3n) is 3.31. The van der Waals surface area contributed by atoms with E-state index >= 15 is 0 Å². The minimum atomic E-state index is 0.640. The molecule has 0 aliphatic carbocycles. The Morgan fingerprint density at radius 3 is 2.37 bits per heavy atom. The predicted molar refractivity (Wildman–Crippen MR) is 83.3 cm³/mol. The molecular weight excluding hydrogens is 234 g/mol. The van der Waals surface area contributed by atoms with Crippen LogP contribution in [0.15, 0.2) is 48.5 Å². The summed E-state index contributed by atoms with van der Waals surface area (Å²) in [4.78, 5) is 2.21. The van der Waals surface area contributed by atoms with Crippen LogP contribution in [-0.4, -0.2) is 13.6 Å². The average molecular weight is 255 g/mol. The summed E-state index contributed by atoms with van der Waals surface area (Å²) in [5.41, 5.74) is 15.3. The molecule has 3 heteroatoms. The van der Waals surface area contributed by atoms with Crippen molar-refractivity contribution in [2.24, 2.45) is 0 Å². The predicted octanol–water partition coefficient (Wildman–Crippen LogP) is 2.92. The topological polar surface area (TPSA) is 55.3 Å². The van der Waals surface area contributed by atoms with E-state index < -0.39 is 0 Å². The van der Waals surface area contributed by atoms with Crippen LogP contribution in [0.4, 0.5) is 17.1 Å². The van der Waals surface area contributed by atoms with Crippen molar-refractivity contribution < 1.29 is 0 Å². The first-order valence-electron chi connectivity index (χ1n) is 6.57. The lowest BCUT2D eigenvalue weighted by Crippen LogP contribution is -2.19. The number of rotatable bonds is 5. The molecule has 0 saturated carbocycles. The van der Waals surface area contributed by atoms with Gasteiger partial charge in [-0.3, -0.25) is 0 Å². The Morgan fingerprint density at radius 2 is 1.68 bits per heavy atom. The first kappa shape index (κ1) is 13.3. The van der Waals surface area contributed by atoms with Crippen LogP contribution >= 0.6 is 0 Å². The summed E-state index contributed by atoms with van der Waals surface area (Å²) < 4.78 is 0. The van der Waals surface area contributed by atoms with Crippen molar-refractivity contribution in [3.05, 3.63) is 54.1 Å². The summed E-state index contributed by atoms with van der Waals surface area (Å²) in [6.07, 6.45) is 2.21. The van der Waals surface area contributed by atoms with Crippen LogP contribution in [0.5, 0.6) is 0 Å². The zero-order valence-electron chi connectivity index (χ0n) is 11.3. The molecule has 4 N–H and O–H groups in total. The first-order valence-corrected chi connectivity index (χ1v) is 6.57. The highest BCUT2D eigenvalue weighted by atomic mass is 15.1. The van der Waals surface area contributed by atoms with Crippen molar-refractivity contribution in [3.63, 3.8) is 0 Å². The Hall–Kier alpha value is -2.16. The van der Waals surface area contributed by atoms with Crippen LogP contribution in [-0.2, 0) is 6.42 Å². The number of nitrogens with two attached hydrogens (primary N) is 2. The molecule has 0 amide bonds. The molecular formula is C16H21N3. The van der Waals surface area contributed by atoms with Gasteiger partial charge in [0.05, 0.1) is 11.4 Å². The third kappa shape index (κ3) is 3.65. The lowest BCUT2D eigenvalue weighted by Gasteiger charge is -2.20. The van der Waals surface area contributed by atoms with Crippen molar-refractivity contribution in [3.8, 4) is 0 Å². The van der Waals surface area contributed by atoms with E-state index in [9.17, 15) is 0 Å². The van der Waals surface area contributed by atoms with E-state index in [-0.39, 0.29) is 0 Å². The summed E-state index contributed by atoms with van der Waals surface area (Å²) in [5, 5.41) is 0. The van der Waals surface area contributed by atoms with Crippen LogP contribution in [0.2, 0.25) is 0 Å². The highest BCUT2D eigenvalue weighted by Crippen LogP contribution is 2.22. The summed E-state index contributed by atoms with van der Waals surface area (Å²) >= 11 is 0. The Bertz CT molecular complexity index is 523. The largest absolute Gasteiger partial charge is 0.397 e. The van der Waals surface area contributed by atoms with Gasteiger partial charge in [0.25, 0.3) is 0 Å². The molecule has 2 aromatic rings. The number of hydrogen-bond donors (Lipinski definition) is 2. The minimum absolute atomic E-state index is 0.640. The van der Waals surface area contributed by atoms with Gasteiger partial charge in [-0.1, -0.05) is 30.3 Å². The summed E-state index contributed by atoms with van der Waals surface area (Å²) in [7, 11) is 2.08. The molecule has 19 heavy (non-hydrogen) atoms. The van der Waals surface area contributed by atoms with E-state index in [2.05, 4.69) is 36.2 Å². The van der Waals surface area contributed by atoms with Crippen LogP contribution in [0.25, 0.3) is 0 Å². The minimum Gasteiger partial charge on any atom is -0.397 e. The van der Waals surface area contributed by atoms with Crippen LogP contribution in [0, 0.1) is 0 Å². The number of nitrogen functional groups attached to an aromatic ring is 2. The third-order valence-corrected chi connectivity index (χ3v) is 3.31. The summed E-state index contributed by atoms with van der Waals surface area (Å²) in [6, 6.07) is 16.3. The Labute approximate surface area is 114 Å². The van der Waals surface area contributed by atoms with E-state index in [1.54, 1.807) is 0 Å². The maximum Gasteiger partial charge on any atom is 0.0568 e. The van der Waals surface area contributed by atoms with E-state index in [4.69, 9.17) is 11.5 Å². The van der Waals surface area contributed by atoms with Gasteiger partial charge in [0.1, 0.15) is 0 Å². The molecule has 0 fully saturated rings. The van der Waals surface area contributed by atoms with Crippen molar-refractivity contribution in [1.29, 1.82) is 0 Å². The zero-order chi connectivity index (χ0) is 13.7. The monoisotopic (exact) mass is 255 g/mol. The molecule has 0 saturated heterocycles. The average Bonchev–Trinajstić information content (AvgIpc) is 2.43. The van der Waals surface area contributed by atoms with Gasteiger partial charge in [-0.15, -0.1) is 0 Å². The van der Waals surface area contributed by atoms with Gasteiger partial charge in [0.15, 0.2) is 0 Å². The quantitative estimate of drug-likeness (QED) is 0.808. The van der Waals surface area contributed by atoms with Crippen molar-refractivity contribution in [2.45, 2.75) is 12.8 Å². The maximum atomic E-state index is 5.83. The fourth-order valence-corrected chi connectivity index (χ4v) is 2.09. The molecule has 0 atom stereocenters. The van der Waals surface area contributed by atoms with E-state index in [0.717, 1.165) is 25.1 Å². The molecule has 0 aliphatic heterocycles. The number of benzene rings is 2. The van der Waals surface area contributed by atoms with Gasteiger partial charge in [-0.2, -0.15) is 0 Å². The van der Waals surface area contributed by atoms with E-state index in [0.29, 0.717) is 11.4 Å². The maximum absolute atomic E-state index is 5.83. The molecule has 2 aromatic carbocycles. The molecule has 0 spiro atoms. The molecule has 0 unspecified atom stereocenters. The Kier molecular flexibility index (Phi) is 4.29. The molecule has 2 rings (SSSR count). The van der Waals surface area contributed by atoms with Crippen molar-refractivity contribution in [2.75, 3.05) is 30.0 Å². The van der Waals surface area contributed by atoms with Crippen molar-refractivity contribution in [1.82, 2.24) is 0 Å². The number of aryl methyl sites for hydroxylation is 1. The van der Waals surface area contributed by atoms with Crippen molar-refractivity contribution >= 4 is 17.1 Å². The van der Waals surface area contributed by atoms with Gasteiger partial charge < -0.3 is 16.4 Å². The fourth-order valence-electron chi connectivity index (χ4n) is 2.09. The normalized spacial score (nSPS) is 10.4. The Balaban J connectivity index is 1.87. The number of hydrogen-bond acceptors (Lipinski definition) is 3. The Morgan fingerprint density at radius 1 is 0.947 bits per heavy atom. The lowest BCUT2D eigenvalue weighted by molar-refractivity contribution is 0.786. The summed E-state index contributed by atoms with van der Waals surface area (Å²) in [6.45, 7) is 0.998. The van der Waals surface area contributed by atoms with E-state index in [1.807, 2.05) is 24.3 Å². The molecule has 3 nitrogen and oxygen atoms in total. The van der Waals surface area contributed by atoms with Crippen LogP contribution < -0.4 is 16.4 Å². The second-order valence-electron chi connectivity index (χ2n) is 4.82. The lowest BCUT2D eigenvalue weighted by atomic mass is 10.1. The molecule has 0 bridgehead atoms. The van der Waals surface area contributed by atoms with Gasteiger partial charge in [0, 0.05) is 19.3 Å². The van der Waals surface area contributed by atoms with Gasteiger partial charge in [-0.25, -0.2) is 0 Å². The van der Waals surface area contributed by atoms with E-state index in [1.165, 1.54) is 5.56 Å². The number of anilines is 3. The smallest absolute Gasteiger partial charge is 0.0568 e. The van der Waals surface area contributed by atoms with Gasteiger partial charge in [-0.05, 0) is 36.6 Å². The molecule has 0 heterocycles. The zero-order valence-corrected chi connectivity index (χ0v) is 11.3. The molecule has 0 radical (unpaired) electrons. The molecule has 100 valence electrons. The first-order chi connectivity index (χ1) is 9.16.